The van der Waals surface area contributed by atoms with Gasteiger partial charge in [-0.25, -0.2) is 0 Å². The second-order valence-electron chi connectivity index (χ2n) is 4.99. The minimum Gasteiger partial charge on any atom is -0.490 e. The highest BCUT2D eigenvalue weighted by atomic mass is 16.5. The molecule has 1 amide bonds. The molecule has 0 aliphatic heterocycles. The van der Waals surface area contributed by atoms with Crippen LogP contribution in [-0.2, 0) is 6.54 Å². The predicted octanol–water partition coefficient (Wildman–Crippen LogP) is 3.20. The Balaban J connectivity index is 2.05. The topological polar surface area (TPSA) is 60.5 Å². The largest absolute Gasteiger partial charge is 0.490 e. The maximum atomic E-state index is 12.3. The standard InChI is InChI=1S/C18H22N2O3/c1-3-10-23-16-8-7-15(11-17(16)22-4-2)18(21)20-13-14-6-5-9-19-12-14/h5-9,11-12H,3-4,10,13H2,1-2H3,(H,20,21). The summed E-state index contributed by atoms with van der Waals surface area (Å²) in [6, 6.07) is 8.99. The van der Waals surface area contributed by atoms with E-state index in [1.54, 1.807) is 30.6 Å². The molecule has 0 fully saturated rings. The number of carbonyl (C=O) groups excluding carboxylic acids is 1. The number of benzene rings is 1. The molecule has 122 valence electrons. The van der Waals surface area contributed by atoms with Gasteiger partial charge in [0.05, 0.1) is 13.2 Å². The number of hydrogen-bond acceptors (Lipinski definition) is 4. The molecule has 0 saturated heterocycles. The lowest BCUT2D eigenvalue weighted by atomic mass is 10.2. The molecule has 0 radical (unpaired) electrons. The molecule has 1 aromatic heterocycles. The molecule has 0 bridgehead atoms. The minimum absolute atomic E-state index is 0.156. The van der Waals surface area contributed by atoms with Gasteiger partial charge in [-0.1, -0.05) is 13.0 Å². The second-order valence-corrected chi connectivity index (χ2v) is 4.99. The van der Waals surface area contributed by atoms with Gasteiger partial charge >= 0.3 is 0 Å². The second kappa shape index (κ2) is 8.78. The van der Waals surface area contributed by atoms with Crippen LogP contribution in [0.25, 0.3) is 0 Å². The summed E-state index contributed by atoms with van der Waals surface area (Å²) < 4.78 is 11.2. The summed E-state index contributed by atoms with van der Waals surface area (Å²) in [5.74, 6) is 1.10. The van der Waals surface area contributed by atoms with E-state index in [1.807, 2.05) is 26.0 Å². The highest BCUT2D eigenvalue weighted by Crippen LogP contribution is 2.28. The third kappa shape index (κ3) is 4.98. The van der Waals surface area contributed by atoms with E-state index in [1.165, 1.54) is 0 Å². The van der Waals surface area contributed by atoms with Crippen molar-refractivity contribution in [1.82, 2.24) is 10.3 Å². The SMILES string of the molecule is CCCOc1ccc(C(=O)NCc2cccnc2)cc1OCC. The van der Waals surface area contributed by atoms with Crippen molar-refractivity contribution in [3.63, 3.8) is 0 Å². The van der Waals surface area contributed by atoms with E-state index in [-0.39, 0.29) is 5.91 Å². The Hall–Kier alpha value is -2.56. The first-order valence-electron chi connectivity index (χ1n) is 7.81. The third-order valence-electron chi connectivity index (χ3n) is 3.14. The normalized spacial score (nSPS) is 10.2. The van der Waals surface area contributed by atoms with Crippen LogP contribution in [0.1, 0.15) is 36.2 Å². The van der Waals surface area contributed by atoms with Crippen molar-refractivity contribution >= 4 is 5.91 Å². The Morgan fingerprint density at radius 3 is 2.74 bits per heavy atom. The number of rotatable bonds is 8. The van der Waals surface area contributed by atoms with Crippen molar-refractivity contribution in [3.8, 4) is 11.5 Å². The number of hydrogen-bond donors (Lipinski definition) is 1. The molecule has 0 spiro atoms. The highest BCUT2D eigenvalue weighted by molar-refractivity contribution is 5.94. The number of amides is 1. The van der Waals surface area contributed by atoms with Crippen LogP contribution >= 0.6 is 0 Å². The molecule has 1 aromatic carbocycles. The number of pyridine rings is 1. The summed E-state index contributed by atoms with van der Waals surface area (Å²) in [5.41, 5.74) is 1.50. The Morgan fingerprint density at radius 2 is 2.04 bits per heavy atom. The molecule has 0 unspecified atom stereocenters. The average Bonchev–Trinajstić information content (AvgIpc) is 2.59. The zero-order chi connectivity index (χ0) is 16.5. The van der Waals surface area contributed by atoms with E-state index in [0.717, 1.165) is 12.0 Å². The molecule has 0 aliphatic carbocycles. The Morgan fingerprint density at radius 1 is 1.17 bits per heavy atom. The Kier molecular flexibility index (Phi) is 6.41. The fourth-order valence-electron chi connectivity index (χ4n) is 2.04. The first-order valence-corrected chi connectivity index (χ1v) is 7.81. The summed E-state index contributed by atoms with van der Waals surface area (Å²) in [7, 11) is 0. The first-order chi connectivity index (χ1) is 11.2. The fourth-order valence-corrected chi connectivity index (χ4v) is 2.04. The van der Waals surface area contributed by atoms with Gasteiger partial charge in [-0.15, -0.1) is 0 Å². The monoisotopic (exact) mass is 314 g/mol. The lowest BCUT2D eigenvalue weighted by molar-refractivity contribution is 0.0950. The van der Waals surface area contributed by atoms with Crippen LogP contribution in [0.15, 0.2) is 42.7 Å². The number of ether oxygens (including phenoxy) is 2. The van der Waals surface area contributed by atoms with Crippen molar-refractivity contribution in [1.29, 1.82) is 0 Å². The smallest absolute Gasteiger partial charge is 0.251 e. The maximum Gasteiger partial charge on any atom is 0.251 e. The molecule has 23 heavy (non-hydrogen) atoms. The molecule has 5 nitrogen and oxygen atoms in total. The van der Waals surface area contributed by atoms with E-state index in [0.29, 0.717) is 36.8 Å². The summed E-state index contributed by atoms with van der Waals surface area (Å²) in [5, 5.41) is 2.87. The van der Waals surface area contributed by atoms with Crippen LogP contribution in [0.4, 0.5) is 0 Å². The summed E-state index contributed by atoms with van der Waals surface area (Å²) >= 11 is 0. The number of nitrogens with one attached hydrogen (secondary N) is 1. The summed E-state index contributed by atoms with van der Waals surface area (Å²) in [6.45, 7) is 5.51. The zero-order valence-electron chi connectivity index (χ0n) is 13.5. The molecule has 1 N–H and O–H groups in total. The molecular weight excluding hydrogens is 292 g/mol. The van der Waals surface area contributed by atoms with Crippen LogP contribution < -0.4 is 14.8 Å². The minimum atomic E-state index is -0.156. The number of aromatic nitrogens is 1. The first kappa shape index (κ1) is 16.8. The lowest BCUT2D eigenvalue weighted by Crippen LogP contribution is -2.22. The zero-order valence-corrected chi connectivity index (χ0v) is 13.5. The highest BCUT2D eigenvalue weighted by Gasteiger charge is 2.11. The van der Waals surface area contributed by atoms with Crippen LogP contribution in [0, 0.1) is 0 Å². The van der Waals surface area contributed by atoms with Crippen LogP contribution in [0.2, 0.25) is 0 Å². The summed E-state index contributed by atoms with van der Waals surface area (Å²) in [4.78, 5) is 16.3. The van der Waals surface area contributed by atoms with Gasteiger partial charge in [0.2, 0.25) is 0 Å². The molecule has 1 heterocycles. The van der Waals surface area contributed by atoms with Crippen molar-refractivity contribution in [3.05, 3.63) is 53.9 Å². The van der Waals surface area contributed by atoms with Crippen LogP contribution in [-0.4, -0.2) is 24.1 Å². The van der Waals surface area contributed by atoms with E-state index in [2.05, 4.69) is 10.3 Å². The quantitative estimate of drug-likeness (QED) is 0.813. The van der Waals surface area contributed by atoms with Crippen molar-refractivity contribution < 1.29 is 14.3 Å². The van der Waals surface area contributed by atoms with E-state index in [9.17, 15) is 4.79 Å². The van der Waals surface area contributed by atoms with E-state index in [4.69, 9.17) is 9.47 Å². The molecule has 0 aliphatic rings. The lowest BCUT2D eigenvalue weighted by Gasteiger charge is -2.13. The van der Waals surface area contributed by atoms with E-state index >= 15 is 0 Å². The third-order valence-corrected chi connectivity index (χ3v) is 3.14. The van der Waals surface area contributed by atoms with Crippen molar-refractivity contribution in [2.24, 2.45) is 0 Å². The number of nitrogens with zero attached hydrogens (tertiary/aromatic N) is 1. The van der Waals surface area contributed by atoms with Gasteiger partial charge in [-0.3, -0.25) is 9.78 Å². The molecule has 5 heteroatoms. The van der Waals surface area contributed by atoms with Gasteiger partial charge in [-0.05, 0) is 43.2 Å². The average molecular weight is 314 g/mol. The molecule has 0 atom stereocenters. The molecular formula is C18H22N2O3. The van der Waals surface area contributed by atoms with Crippen LogP contribution in [0.3, 0.4) is 0 Å². The van der Waals surface area contributed by atoms with Gasteiger partial charge in [0, 0.05) is 24.5 Å². The predicted molar refractivity (Wildman–Crippen MR) is 88.8 cm³/mol. The van der Waals surface area contributed by atoms with Gasteiger partial charge < -0.3 is 14.8 Å². The maximum absolute atomic E-state index is 12.3. The van der Waals surface area contributed by atoms with Crippen LogP contribution in [0.5, 0.6) is 11.5 Å². The van der Waals surface area contributed by atoms with E-state index < -0.39 is 0 Å². The van der Waals surface area contributed by atoms with Gasteiger partial charge in [0.25, 0.3) is 5.91 Å². The van der Waals surface area contributed by atoms with Crippen molar-refractivity contribution in [2.45, 2.75) is 26.8 Å². The number of carbonyl (C=O) groups is 1. The van der Waals surface area contributed by atoms with Gasteiger partial charge in [0.1, 0.15) is 0 Å². The molecule has 2 aromatic rings. The van der Waals surface area contributed by atoms with Gasteiger partial charge in [-0.2, -0.15) is 0 Å². The van der Waals surface area contributed by atoms with Gasteiger partial charge in [0.15, 0.2) is 11.5 Å². The van der Waals surface area contributed by atoms with Crippen molar-refractivity contribution in [2.75, 3.05) is 13.2 Å². The summed E-state index contributed by atoms with van der Waals surface area (Å²) in [6.07, 6.45) is 4.35. The Labute approximate surface area is 136 Å². The fraction of sp³-hybridized carbons (Fsp3) is 0.333. The Bertz CT molecular complexity index is 629. The molecule has 0 saturated carbocycles. The molecule has 2 rings (SSSR count).